The van der Waals surface area contributed by atoms with Crippen LogP contribution >= 0.6 is 23.2 Å². The van der Waals surface area contributed by atoms with E-state index in [1.807, 2.05) is 30.3 Å². The average molecular weight is 545 g/mol. The van der Waals surface area contributed by atoms with Gasteiger partial charge in [-0.15, -0.1) is 0 Å². The van der Waals surface area contributed by atoms with Gasteiger partial charge in [-0.1, -0.05) is 55.5 Å². The van der Waals surface area contributed by atoms with Gasteiger partial charge in [0.1, 0.15) is 0 Å². The number of anilines is 3. The summed E-state index contributed by atoms with van der Waals surface area (Å²) < 4.78 is 5.41. The predicted molar refractivity (Wildman–Crippen MR) is 151 cm³/mol. The number of carbonyl (C=O) groups is 1. The molecule has 9 heteroatoms. The van der Waals surface area contributed by atoms with Gasteiger partial charge >= 0.3 is 0 Å². The third-order valence-corrected chi connectivity index (χ3v) is 8.47. The molecule has 1 aliphatic heterocycles. The molecule has 1 atom stereocenters. The Morgan fingerprint density at radius 1 is 1.16 bits per heavy atom. The minimum Gasteiger partial charge on any atom is -0.383 e. The van der Waals surface area contributed by atoms with Gasteiger partial charge in [-0.25, -0.2) is 4.98 Å². The fraction of sp³-hybridized carbons (Fsp3) is 0.500. The molecule has 2 fully saturated rings. The zero-order chi connectivity index (χ0) is 26.0. The Balaban J connectivity index is 1.30. The van der Waals surface area contributed by atoms with E-state index in [9.17, 15) is 4.79 Å². The number of ether oxygens (including phenoxy) is 1. The first-order valence-corrected chi connectivity index (χ1v) is 13.9. The third-order valence-electron chi connectivity index (χ3n) is 7.84. The number of hydrogen-bond acceptors (Lipinski definition) is 5. The van der Waals surface area contributed by atoms with Crippen LogP contribution in [0, 0.1) is 5.41 Å². The maximum atomic E-state index is 12.9. The summed E-state index contributed by atoms with van der Waals surface area (Å²) in [5.74, 6) is 0.711. The van der Waals surface area contributed by atoms with Gasteiger partial charge in [-0.05, 0) is 55.5 Å². The summed E-state index contributed by atoms with van der Waals surface area (Å²) in [6, 6.07) is 10.0. The van der Waals surface area contributed by atoms with Crippen LogP contribution in [0.1, 0.15) is 57.4 Å². The van der Waals surface area contributed by atoms with Gasteiger partial charge in [0.2, 0.25) is 11.9 Å². The Morgan fingerprint density at radius 3 is 2.76 bits per heavy atom. The highest BCUT2D eigenvalue weighted by Gasteiger charge is 2.34. The molecule has 2 aromatic carbocycles. The van der Waals surface area contributed by atoms with Gasteiger partial charge < -0.3 is 25.3 Å². The van der Waals surface area contributed by atoms with Crippen LogP contribution in [0.15, 0.2) is 30.3 Å². The molecule has 2 heterocycles. The van der Waals surface area contributed by atoms with Crippen molar-refractivity contribution in [3.05, 3.63) is 45.9 Å². The number of aromatic nitrogens is 2. The molecule has 0 radical (unpaired) electrons. The molecule has 0 spiro atoms. The van der Waals surface area contributed by atoms with Crippen molar-refractivity contribution in [3.8, 4) is 0 Å². The van der Waals surface area contributed by atoms with Crippen LogP contribution in [-0.2, 0) is 16.1 Å². The lowest BCUT2D eigenvalue weighted by atomic mass is 9.75. The van der Waals surface area contributed by atoms with E-state index < -0.39 is 0 Å². The molecule has 3 aromatic rings. The number of halogens is 2. The highest BCUT2D eigenvalue weighted by Crippen LogP contribution is 2.37. The van der Waals surface area contributed by atoms with Crippen LogP contribution in [0.4, 0.5) is 17.3 Å². The summed E-state index contributed by atoms with van der Waals surface area (Å²) in [5.41, 5.74) is 4.08. The molecule has 1 aliphatic carbocycles. The zero-order valence-electron chi connectivity index (χ0n) is 21.5. The van der Waals surface area contributed by atoms with E-state index in [1.165, 1.54) is 6.42 Å². The second kappa shape index (κ2) is 11.1. The number of rotatable bonds is 8. The Morgan fingerprint density at radius 2 is 1.97 bits per heavy atom. The summed E-state index contributed by atoms with van der Waals surface area (Å²) in [4.78, 5) is 23.2. The summed E-state index contributed by atoms with van der Waals surface area (Å²) in [6.07, 6.45) is 7.57. The number of hydrogen-bond donors (Lipinski definition) is 3. The summed E-state index contributed by atoms with van der Waals surface area (Å²) in [7, 11) is 1.73. The van der Waals surface area contributed by atoms with Crippen molar-refractivity contribution in [2.45, 2.75) is 64.5 Å². The first-order valence-electron chi connectivity index (χ1n) is 13.1. The van der Waals surface area contributed by atoms with Crippen LogP contribution in [0.3, 0.4) is 0 Å². The molecular weight excluding hydrogens is 509 g/mol. The molecule has 1 saturated heterocycles. The van der Waals surface area contributed by atoms with Crippen LogP contribution in [0.2, 0.25) is 10.0 Å². The predicted octanol–water partition coefficient (Wildman–Crippen LogP) is 6.82. The molecule has 0 bridgehead atoms. The quantitative estimate of drug-likeness (QED) is 0.290. The fourth-order valence-corrected chi connectivity index (χ4v) is 6.11. The van der Waals surface area contributed by atoms with Crippen molar-refractivity contribution < 1.29 is 9.53 Å². The van der Waals surface area contributed by atoms with E-state index in [0.29, 0.717) is 35.2 Å². The monoisotopic (exact) mass is 543 g/mol. The first-order chi connectivity index (χ1) is 17.9. The second-order valence-corrected chi connectivity index (χ2v) is 11.4. The maximum Gasteiger partial charge on any atom is 0.226 e. The van der Waals surface area contributed by atoms with Crippen LogP contribution < -0.4 is 15.5 Å². The largest absolute Gasteiger partial charge is 0.383 e. The number of nitrogens with zero attached hydrogens (tertiary/aromatic N) is 2. The number of aromatic amines is 1. The zero-order valence-corrected chi connectivity index (χ0v) is 23.0. The van der Waals surface area contributed by atoms with E-state index in [-0.39, 0.29) is 11.3 Å². The number of fused-ring (bicyclic) bond motifs is 1. The number of methoxy groups -OCH3 is 1. The van der Waals surface area contributed by atoms with Crippen molar-refractivity contribution in [1.82, 2.24) is 15.3 Å². The SMILES string of the molecule is COCC1CCCN1c1cc2nc(Nc3cc(CNC(=O)C4(C)CCCCC4)ccc3Cl)[nH]c2cc1Cl. The second-order valence-electron chi connectivity index (χ2n) is 10.6. The summed E-state index contributed by atoms with van der Waals surface area (Å²) >= 11 is 13.2. The molecule has 37 heavy (non-hydrogen) atoms. The first kappa shape index (κ1) is 26.1. The van der Waals surface area contributed by atoms with Gasteiger partial charge in [0.25, 0.3) is 0 Å². The molecule has 2 aliphatic rings. The average Bonchev–Trinajstić information content (AvgIpc) is 3.50. The maximum absolute atomic E-state index is 12.9. The molecule has 1 saturated carbocycles. The Kier molecular flexibility index (Phi) is 7.84. The van der Waals surface area contributed by atoms with E-state index in [1.54, 1.807) is 7.11 Å². The smallest absolute Gasteiger partial charge is 0.226 e. The van der Waals surface area contributed by atoms with E-state index in [2.05, 4.69) is 27.4 Å². The van der Waals surface area contributed by atoms with Crippen LogP contribution in [0.25, 0.3) is 11.0 Å². The molecule has 3 N–H and O–H groups in total. The van der Waals surface area contributed by atoms with Gasteiger partial charge in [0.05, 0.1) is 45.1 Å². The van der Waals surface area contributed by atoms with Crippen molar-refractivity contribution in [1.29, 1.82) is 0 Å². The van der Waals surface area contributed by atoms with Crippen LogP contribution in [-0.4, -0.2) is 42.2 Å². The number of benzene rings is 2. The summed E-state index contributed by atoms with van der Waals surface area (Å²) in [5, 5.41) is 7.71. The molecule has 1 unspecified atom stereocenters. The lowest BCUT2D eigenvalue weighted by Gasteiger charge is -2.32. The standard InChI is InChI=1S/C28H35Cl2N5O2/c1-28(10-4-3-5-11-28)26(36)31-16-18-8-9-20(29)22(13-18)32-27-33-23-14-21(30)25(15-24(23)34-27)35-12-6-7-19(35)17-37-2/h8-9,13-15,19H,3-7,10-12,16-17H2,1-2H3,(H,31,36)(H2,32,33,34). The number of nitrogens with one attached hydrogen (secondary N) is 3. The third kappa shape index (κ3) is 5.69. The number of imidazole rings is 1. The normalized spacial score (nSPS) is 19.4. The highest BCUT2D eigenvalue weighted by atomic mass is 35.5. The van der Waals surface area contributed by atoms with E-state index >= 15 is 0 Å². The van der Waals surface area contributed by atoms with Crippen LogP contribution in [0.5, 0.6) is 0 Å². The lowest BCUT2D eigenvalue weighted by Crippen LogP contribution is -2.39. The molecule has 198 valence electrons. The minimum atomic E-state index is -0.265. The van der Waals surface area contributed by atoms with Crippen molar-refractivity contribution in [2.24, 2.45) is 5.41 Å². The molecule has 5 rings (SSSR count). The van der Waals surface area contributed by atoms with Crippen molar-refractivity contribution in [3.63, 3.8) is 0 Å². The number of amides is 1. The number of H-pyrrole nitrogens is 1. The lowest BCUT2D eigenvalue weighted by molar-refractivity contribution is -0.132. The van der Waals surface area contributed by atoms with Gasteiger partial charge in [-0.3, -0.25) is 4.79 Å². The van der Waals surface area contributed by atoms with Gasteiger partial charge in [-0.2, -0.15) is 0 Å². The minimum absolute atomic E-state index is 0.132. The van der Waals surface area contributed by atoms with Crippen molar-refractivity contribution in [2.75, 3.05) is 30.5 Å². The van der Waals surface area contributed by atoms with Crippen molar-refractivity contribution >= 4 is 57.5 Å². The molecule has 7 nitrogen and oxygen atoms in total. The fourth-order valence-electron chi connectivity index (χ4n) is 5.68. The van der Waals surface area contributed by atoms with E-state index in [4.69, 9.17) is 32.9 Å². The molecular formula is C28H35Cl2N5O2. The molecule has 1 amide bonds. The Hall–Kier alpha value is -2.48. The van der Waals surface area contributed by atoms with Gasteiger partial charge in [0, 0.05) is 25.6 Å². The Labute approximate surface area is 228 Å². The van der Waals surface area contributed by atoms with E-state index in [0.717, 1.165) is 73.0 Å². The van der Waals surface area contributed by atoms with Gasteiger partial charge in [0.15, 0.2) is 0 Å². The number of carbonyl (C=O) groups excluding carboxylic acids is 1. The topological polar surface area (TPSA) is 82.3 Å². The highest BCUT2D eigenvalue weighted by molar-refractivity contribution is 6.34. The summed E-state index contributed by atoms with van der Waals surface area (Å²) in [6.45, 7) is 4.16. The Bertz CT molecular complexity index is 1270. The molecule has 1 aromatic heterocycles.